The molecular weight excluding hydrogens is 344 g/mol. The molecule has 1 fully saturated rings. The van der Waals surface area contributed by atoms with Crippen LogP contribution < -0.4 is 9.64 Å². The second-order valence-electron chi connectivity index (χ2n) is 6.23. The fourth-order valence-electron chi connectivity index (χ4n) is 3.43. The molecule has 0 N–H and O–H groups in total. The molecule has 1 amide bonds. The van der Waals surface area contributed by atoms with Crippen molar-refractivity contribution in [3.05, 3.63) is 60.2 Å². The number of carbonyl (C=O) groups excluding carboxylic acids is 2. The lowest BCUT2D eigenvalue weighted by Crippen LogP contribution is -2.46. The first-order valence-corrected chi connectivity index (χ1v) is 8.70. The largest absolute Gasteiger partial charge is 0.497 e. The van der Waals surface area contributed by atoms with Gasteiger partial charge >= 0.3 is 5.97 Å². The average Bonchev–Trinajstić information content (AvgIpc) is 2.72. The summed E-state index contributed by atoms with van der Waals surface area (Å²) in [4.78, 5) is 27.0. The molecule has 1 aliphatic rings. The number of nitriles is 1. The van der Waals surface area contributed by atoms with Crippen molar-refractivity contribution in [1.29, 1.82) is 5.26 Å². The molecule has 0 radical (unpaired) electrons. The van der Waals surface area contributed by atoms with Crippen molar-refractivity contribution in [2.24, 2.45) is 5.92 Å². The van der Waals surface area contributed by atoms with Crippen LogP contribution in [0.5, 0.6) is 5.75 Å². The van der Waals surface area contributed by atoms with Gasteiger partial charge in [-0.05, 0) is 36.2 Å². The quantitative estimate of drug-likeness (QED) is 0.761. The first kappa shape index (κ1) is 18.5. The van der Waals surface area contributed by atoms with Crippen LogP contribution in [0.4, 0.5) is 5.69 Å². The first-order chi connectivity index (χ1) is 13.2. The molecule has 0 aliphatic carbocycles. The number of hydrogen-bond acceptors (Lipinski definition) is 5. The second-order valence-corrected chi connectivity index (χ2v) is 6.23. The third kappa shape index (κ3) is 3.93. The van der Waals surface area contributed by atoms with Gasteiger partial charge in [0.25, 0.3) is 0 Å². The van der Waals surface area contributed by atoms with Crippen LogP contribution in [0.3, 0.4) is 0 Å². The number of nitrogens with zero attached hydrogens (tertiary/aromatic N) is 2. The molecule has 0 aromatic heterocycles. The molecule has 3 rings (SSSR count). The van der Waals surface area contributed by atoms with E-state index in [2.05, 4.69) is 0 Å². The fourth-order valence-corrected chi connectivity index (χ4v) is 3.43. The molecule has 1 heterocycles. The fraction of sp³-hybridized carbons (Fsp3) is 0.286. The average molecular weight is 364 g/mol. The summed E-state index contributed by atoms with van der Waals surface area (Å²) >= 11 is 0. The van der Waals surface area contributed by atoms with Gasteiger partial charge in [0.15, 0.2) is 6.61 Å². The van der Waals surface area contributed by atoms with Crippen molar-refractivity contribution in [3.8, 4) is 11.8 Å². The van der Waals surface area contributed by atoms with Gasteiger partial charge in [0.2, 0.25) is 5.91 Å². The predicted octanol–water partition coefficient (Wildman–Crippen LogP) is 3.25. The number of hydrogen-bond donors (Lipinski definition) is 0. The molecule has 2 atom stereocenters. The summed E-state index contributed by atoms with van der Waals surface area (Å²) < 4.78 is 10.3. The molecule has 1 aliphatic heterocycles. The Kier molecular flexibility index (Phi) is 5.72. The smallest absolute Gasteiger partial charge is 0.312 e. The maximum absolute atomic E-state index is 12.8. The summed E-state index contributed by atoms with van der Waals surface area (Å²) in [6.45, 7) is -0.298. The van der Waals surface area contributed by atoms with Gasteiger partial charge in [-0.1, -0.05) is 30.3 Å². The van der Waals surface area contributed by atoms with Gasteiger partial charge in [0.1, 0.15) is 11.8 Å². The van der Waals surface area contributed by atoms with Crippen LogP contribution in [0, 0.1) is 17.2 Å². The number of ether oxygens (including phenoxy) is 2. The van der Waals surface area contributed by atoms with Crippen LogP contribution in [0.25, 0.3) is 0 Å². The number of piperidine rings is 1. The van der Waals surface area contributed by atoms with Gasteiger partial charge in [-0.2, -0.15) is 5.26 Å². The Balaban J connectivity index is 2.02. The molecule has 2 aromatic rings. The lowest BCUT2D eigenvalue weighted by molar-refractivity contribution is -0.149. The summed E-state index contributed by atoms with van der Waals surface area (Å²) in [5.41, 5.74) is 1.53. The van der Waals surface area contributed by atoms with Crippen molar-refractivity contribution in [3.63, 3.8) is 0 Å². The molecule has 0 unspecified atom stereocenters. The number of amides is 1. The second kappa shape index (κ2) is 8.37. The standard InChI is InChI=1S/C21H20N2O4/c1-26-17-9-7-16(8-10-17)23-19(24)12-11-18(21(25)27-14-13-22)20(23)15-5-3-2-4-6-15/h2-10,18,20H,11-12,14H2,1H3/t18-,20+/m1/s1. The molecule has 0 saturated carbocycles. The number of benzene rings is 2. The molecule has 0 spiro atoms. The Bertz CT molecular complexity index is 843. The summed E-state index contributed by atoms with van der Waals surface area (Å²) in [6.07, 6.45) is 0.622. The van der Waals surface area contributed by atoms with Crippen LogP contribution in [0.1, 0.15) is 24.4 Å². The summed E-state index contributed by atoms with van der Waals surface area (Å²) in [5.74, 6) is -0.375. The molecular formula is C21H20N2O4. The van der Waals surface area contributed by atoms with Crippen LogP contribution in [0.2, 0.25) is 0 Å². The number of anilines is 1. The maximum atomic E-state index is 12.8. The summed E-state index contributed by atoms with van der Waals surface area (Å²) in [6, 6.07) is 17.9. The lowest BCUT2D eigenvalue weighted by Gasteiger charge is -2.40. The maximum Gasteiger partial charge on any atom is 0.312 e. The highest BCUT2D eigenvalue weighted by molar-refractivity contribution is 5.97. The van der Waals surface area contributed by atoms with Gasteiger partial charge in [-0.3, -0.25) is 9.59 Å². The summed E-state index contributed by atoms with van der Waals surface area (Å²) in [7, 11) is 1.58. The molecule has 1 saturated heterocycles. The highest BCUT2D eigenvalue weighted by atomic mass is 16.5. The summed E-state index contributed by atoms with van der Waals surface area (Å²) in [5, 5.41) is 8.71. The minimum absolute atomic E-state index is 0.0571. The topological polar surface area (TPSA) is 79.6 Å². The van der Waals surface area contributed by atoms with Gasteiger partial charge in [0.05, 0.1) is 19.1 Å². The molecule has 6 heteroatoms. The third-order valence-electron chi connectivity index (χ3n) is 4.67. The highest BCUT2D eigenvalue weighted by Crippen LogP contribution is 2.40. The van der Waals surface area contributed by atoms with E-state index in [1.165, 1.54) is 0 Å². The van der Waals surface area contributed by atoms with E-state index in [9.17, 15) is 9.59 Å². The van der Waals surface area contributed by atoms with E-state index in [4.69, 9.17) is 14.7 Å². The minimum Gasteiger partial charge on any atom is -0.497 e. The zero-order valence-corrected chi connectivity index (χ0v) is 15.0. The number of esters is 1. The Hall–Kier alpha value is -3.33. The van der Waals surface area contributed by atoms with Gasteiger partial charge in [-0.25, -0.2) is 0 Å². The number of methoxy groups -OCH3 is 1. The van der Waals surface area contributed by atoms with E-state index in [1.54, 1.807) is 36.3 Å². The molecule has 27 heavy (non-hydrogen) atoms. The Morgan fingerprint density at radius 1 is 1.19 bits per heavy atom. The number of rotatable bonds is 5. The van der Waals surface area contributed by atoms with E-state index >= 15 is 0 Å². The van der Waals surface area contributed by atoms with E-state index in [1.807, 2.05) is 36.4 Å². The van der Waals surface area contributed by atoms with Crippen molar-refractivity contribution in [1.82, 2.24) is 0 Å². The Morgan fingerprint density at radius 3 is 2.52 bits per heavy atom. The Morgan fingerprint density at radius 2 is 1.89 bits per heavy atom. The lowest BCUT2D eigenvalue weighted by atomic mass is 9.84. The van der Waals surface area contributed by atoms with Crippen molar-refractivity contribution in [2.45, 2.75) is 18.9 Å². The first-order valence-electron chi connectivity index (χ1n) is 8.70. The van der Waals surface area contributed by atoms with Crippen LogP contribution in [-0.2, 0) is 14.3 Å². The van der Waals surface area contributed by atoms with Crippen LogP contribution in [0.15, 0.2) is 54.6 Å². The molecule has 0 bridgehead atoms. The van der Waals surface area contributed by atoms with Crippen molar-refractivity contribution in [2.75, 3.05) is 18.6 Å². The normalized spacial score (nSPS) is 19.3. The van der Waals surface area contributed by atoms with Crippen LogP contribution >= 0.6 is 0 Å². The minimum atomic E-state index is -0.541. The zero-order chi connectivity index (χ0) is 19.2. The van der Waals surface area contributed by atoms with E-state index in [0.717, 1.165) is 5.56 Å². The monoisotopic (exact) mass is 364 g/mol. The molecule has 2 aromatic carbocycles. The third-order valence-corrected chi connectivity index (χ3v) is 4.67. The highest BCUT2D eigenvalue weighted by Gasteiger charge is 2.42. The van der Waals surface area contributed by atoms with Gasteiger partial charge < -0.3 is 14.4 Å². The number of carbonyl (C=O) groups is 2. The van der Waals surface area contributed by atoms with E-state index < -0.39 is 17.9 Å². The van der Waals surface area contributed by atoms with Crippen LogP contribution in [-0.4, -0.2) is 25.6 Å². The van der Waals surface area contributed by atoms with Gasteiger partial charge in [-0.15, -0.1) is 0 Å². The van der Waals surface area contributed by atoms with Crippen molar-refractivity contribution >= 4 is 17.6 Å². The van der Waals surface area contributed by atoms with Gasteiger partial charge in [0, 0.05) is 12.1 Å². The van der Waals surface area contributed by atoms with E-state index in [-0.39, 0.29) is 18.9 Å². The van der Waals surface area contributed by atoms with Crippen molar-refractivity contribution < 1.29 is 19.1 Å². The van der Waals surface area contributed by atoms with E-state index in [0.29, 0.717) is 17.9 Å². The predicted molar refractivity (Wildman–Crippen MR) is 99.0 cm³/mol. The SMILES string of the molecule is COc1ccc(N2C(=O)CC[C@@H](C(=O)OCC#N)[C@@H]2c2ccccc2)cc1. The Labute approximate surface area is 157 Å². The zero-order valence-electron chi connectivity index (χ0n) is 15.0. The molecule has 6 nitrogen and oxygen atoms in total. The molecule has 138 valence electrons.